The van der Waals surface area contributed by atoms with Crippen molar-refractivity contribution in [1.29, 1.82) is 0 Å². The summed E-state index contributed by atoms with van der Waals surface area (Å²) in [7, 11) is 0. The molecular formula is C13H24N2O3. The molecule has 0 heterocycles. The molecule has 0 spiro atoms. The fourth-order valence-electron chi connectivity index (χ4n) is 2.31. The Morgan fingerprint density at radius 2 is 1.83 bits per heavy atom. The Kier molecular flexibility index (Phi) is 4.37. The van der Waals surface area contributed by atoms with Gasteiger partial charge in [-0.25, -0.2) is 4.79 Å². The van der Waals surface area contributed by atoms with Crippen molar-refractivity contribution in [3.63, 3.8) is 0 Å². The van der Waals surface area contributed by atoms with Gasteiger partial charge in [-0.2, -0.15) is 0 Å². The molecule has 1 saturated carbocycles. The van der Waals surface area contributed by atoms with Crippen LogP contribution in [0.5, 0.6) is 0 Å². The topological polar surface area (TPSA) is 92.4 Å². The van der Waals surface area contributed by atoms with Crippen LogP contribution in [0.1, 0.15) is 46.5 Å². The fourth-order valence-corrected chi connectivity index (χ4v) is 2.31. The molecule has 1 rings (SSSR count). The molecule has 18 heavy (non-hydrogen) atoms. The average Bonchev–Trinajstić information content (AvgIpc) is 3.15. The zero-order chi connectivity index (χ0) is 14.0. The monoisotopic (exact) mass is 256 g/mol. The molecule has 0 aromatic heterocycles. The minimum Gasteiger partial charge on any atom is -0.480 e. The Morgan fingerprint density at radius 1 is 1.33 bits per heavy atom. The Hall–Kier alpha value is -1.10. The maximum absolute atomic E-state index is 12.4. The molecule has 104 valence electrons. The molecule has 5 heteroatoms. The summed E-state index contributed by atoms with van der Waals surface area (Å²) in [4.78, 5) is 23.7. The average molecular weight is 256 g/mol. The van der Waals surface area contributed by atoms with Crippen LogP contribution in [0, 0.1) is 11.3 Å². The fraction of sp³-hybridized carbons (Fsp3) is 0.846. The summed E-state index contributed by atoms with van der Waals surface area (Å²) < 4.78 is 0. The third-order valence-corrected chi connectivity index (χ3v) is 4.44. The number of carboxylic acid groups (broad SMARTS) is 1. The lowest BCUT2D eigenvalue weighted by molar-refractivity contribution is -0.150. The van der Waals surface area contributed by atoms with Crippen molar-refractivity contribution < 1.29 is 14.7 Å². The van der Waals surface area contributed by atoms with Gasteiger partial charge in [-0.3, -0.25) is 4.79 Å². The SMILES string of the molecule is CCC(CC)(CN)C(=O)NC(C)(C(=O)O)C1CC1. The number of nitrogens with one attached hydrogen (secondary N) is 1. The maximum Gasteiger partial charge on any atom is 0.329 e. The lowest BCUT2D eigenvalue weighted by Crippen LogP contribution is -2.59. The Labute approximate surface area is 108 Å². The van der Waals surface area contributed by atoms with Crippen LogP contribution in [0.4, 0.5) is 0 Å². The van der Waals surface area contributed by atoms with Crippen LogP contribution < -0.4 is 11.1 Å². The van der Waals surface area contributed by atoms with E-state index in [0.717, 1.165) is 12.8 Å². The highest BCUT2D eigenvalue weighted by atomic mass is 16.4. The predicted molar refractivity (Wildman–Crippen MR) is 69.0 cm³/mol. The molecule has 0 aliphatic heterocycles. The first-order valence-electron chi connectivity index (χ1n) is 6.62. The second-order valence-electron chi connectivity index (χ2n) is 5.43. The molecule has 5 nitrogen and oxygen atoms in total. The summed E-state index contributed by atoms with van der Waals surface area (Å²) in [6.07, 6.45) is 2.95. The maximum atomic E-state index is 12.4. The lowest BCUT2D eigenvalue weighted by Gasteiger charge is -2.34. The van der Waals surface area contributed by atoms with Crippen LogP contribution in [0.3, 0.4) is 0 Å². The Bertz CT molecular complexity index is 327. The molecule has 0 bridgehead atoms. The standard InChI is InChI=1S/C13H24N2O3/c1-4-13(5-2,8-14)10(16)15-12(3,11(17)18)9-6-7-9/h9H,4-8,14H2,1-3H3,(H,15,16)(H,17,18). The van der Waals surface area contributed by atoms with Gasteiger partial charge in [0.15, 0.2) is 0 Å². The first-order chi connectivity index (χ1) is 8.36. The van der Waals surface area contributed by atoms with Crippen LogP contribution in [0.25, 0.3) is 0 Å². The van der Waals surface area contributed by atoms with Crippen LogP contribution in [-0.2, 0) is 9.59 Å². The second kappa shape index (κ2) is 5.26. The number of carbonyl (C=O) groups excluding carboxylic acids is 1. The molecule has 0 aromatic carbocycles. The van der Waals surface area contributed by atoms with Gasteiger partial charge in [-0.15, -0.1) is 0 Å². The van der Waals surface area contributed by atoms with Gasteiger partial charge in [-0.1, -0.05) is 13.8 Å². The van der Waals surface area contributed by atoms with E-state index in [4.69, 9.17) is 5.73 Å². The minimum atomic E-state index is -1.15. The van der Waals surface area contributed by atoms with E-state index in [9.17, 15) is 14.7 Å². The highest BCUT2D eigenvalue weighted by Crippen LogP contribution is 2.40. The number of carbonyl (C=O) groups is 2. The predicted octanol–water partition coefficient (Wildman–Crippen LogP) is 1.12. The number of rotatable bonds is 7. The number of nitrogens with two attached hydrogens (primary N) is 1. The Morgan fingerprint density at radius 3 is 2.11 bits per heavy atom. The molecule has 1 fully saturated rings. The van der Waals surface area contributed by atoms with Crippen molar-refractivity contribution in [2.45, 2.75) is 52.0 Å². The van der Waals surface area contributed by atoms with E-state index in [1.165, 1.54) is 0 Å². The molecule has 0 radical (unpaired) electrons. The van der Waals surface area contributed by atoms with Crippen LogP contribution >= 0.6 is 0 Å². The molecule has 0 aromatic rings. The Balaban J connectivity index is 2.87. The van der Waals surface area contributed by atoms with Gasteiger partial charge in [0.25, 0.3) is 0 Å². The lowest BCUT2D eigenvalue weighted by atomic mass is 9.80. The van der Waals surface area contributed by atoms with E-state index in [1.807, 2.05) is 13.8 Å². The highest BCUT2D eigenvalue weighted by molar-refractivity contribution is 5.90. The van der Waals surface area contributed by atoms with Gasteiger partial charge in [0.2, 0.25) is 5.91 Å². The zero-order valence-corrected chi connectivity index (χ0v) is 11.5. The van der Waals surface area contributed by atoms with E-state index >= 15 is 0 Å². The van der Waals surface area contributed by atoms with Crippen LogP contribution in [-0.4, -0.2) is 29.1 Å². The third-order valence-electron chi connectivity index (χ3n) is 4.44. The van der Waals surface area contributed by atoms with Gasteiger partial charge in [0, 0.05) is 6.54 Å². The van der Waals surface area contributed by atoms with E-state index in [-0.39, 0.29) is 18.4 Å². The molecule has 1 atom stereocenters. The van der Waals surface area contributed by atoms with E-state index < -0.39 is 16.9 Å². The second-order valence-corrected chi connectivity index (χ2v) is 5.43. The number of hydrogen-bond donors (Lipinski definition) is 3. The molecule has 4 N–H and O–H groups in total. The summed E-state index contributed by atoms with van der Waals surface area (Å²) in [5.74, 6) is -1.15. The summed E-state index contributed by atoms with van der Waals surface area (Å²) >= 11 is 0. The first-order valence-corrected chi connectivity index (χ1v) is 6.62. The highest BCUT2D eigenvalue weighted by Gasteiger charge is 2.50. The van der Waals surface area contributed by atoms with Crippen molar-refractivity contribution in [1.82, 2.24) is 5.32 Å². The molecule has 1 unspecified atom stereocenters. The van der Waals surface area contributed by atoms with Crippen molar-refractivity contribution in [2.24, 2.45) is 17.1 Å². The van der Waals surface area contributed by atoms with Crippen molar-refractivity contribution in [3.05, 3.63) is 0 Å². The van der Waals surface area contributed by atoms with E-state index in [2.05, 4.69) is 5.32 Å². The largest absolute Gasteiger partial charge is 0.480 e. The van der Waals surface area contributed by atoms with Crippen molar-refractivity contribution in [3.8, 4) is 0 Å². The summed E-state index contributed by atoms with van der Waals surface area (Å²) in [6.45, 7) is 5.65. The minimum absolute atomic E-state index is 0.0446. The van der Waals surface area contributed by atoms with Gasteiger partial charge >= 0.3 is 5.97 Å². The normalized spacial score (nSPS) is 19.1. The van der Waals surface area contributed by atoms with Crippen LogP contribution in [0.2, 0.25) is 0 Å². The number of carboxylic acids is 1. The smallest absolute Gasteiger partial charge is 0.329 e. The van der Waals surface area contributed by atoms with Gasteiger partial charge < -0.3 is 16.2 Å². The van der Waals surface area contributed by atoms with E-state index in [1.54, 1.807) is 6.92 Å². The summed E-state index contributed by atoms with van der Waals surface area (Å²) in [6, 6.07) is 0. The van der Waals surface area contributed by atoms with Gasteiger partial charge in [0.1, 0.15) is 5.54 Å². The first kappa shape index (κ1) is 15.0. The number of amides is 1. The quantitative estimate of drug-likeness (QED) is 0.636. The molecular weight excluding hydrogens is 232 g/mol. The van der Waals surface area contributed by atoms with Gasteiger partial charge in [0.05, 0.1) is 5.41 Å². The van der Waals surface area contributed by atoms with Crippen molar-refractivity contribution >= 4 is 11.9 Å². The molecule has 1 aliphatic rings. The molecule has 1 amide bonds. The third kappa shape index (κ3) is 2.51. The van der Waals surface area contributed by atoms with E-state index in [0.29, 0.717) is 12.8 Å². The number of aliphatic carboxylic acids is 1. The zero-order valence-electron chi connectivity index (χ0n) is 11.5. The summed E-state index contributed by atoms with van der Waals surface area (Å²) in [5.41, 5.74) is 3.91. The summed E-state index contributed by atoms with van der Waals surface area (Å²) in [5, 5.41) is 12.1. The van der Waals surface area contributed by atoms with Gasteiger partial charge in [-0.05, 0) is 38.5 Å². The number of hydrogen-bond acceptors (Lipinski definition) is 3. The molecule has 0 saturated heterocycles. The van der Waals surface area contributed by atoms with Crippen LogP contribution in [0.15, 0.2) is 0 Å². The molecule has 1 aliphatic carbocycles. The van der Waals surface area contributed by atoms with Crippen molar-refractivity contribution in [2.75, 3.05) is 6.54 Å².